The predicted molar refractivity (Wildman–Crippen MR) is 81.7 cm³/mol. The van der Waals surface area contributed by atoms with Crippen LogP contribution < -0.4 is 5.32 Å². The first-order valence-corrected chi connectivity index (χ1v) is 7.95. The van der Waals surface area contributed by atoms with E-state index in [1.54, 1.807) is 0 Å². The average molecular weight is 271 g/mol. The molecule has 0 amide bonds. The first-order valence-electron chi connectivity index (χ1n) is 7.95. The van der Waals surface area contributed by atoms with Crippen molar-refractivity contribution in [2.45, 2.75) is 26.7 Å². The van der Waals surface area contributed by atoms with Crippen molar-refractivity contribution in [1.29, 1.82) is 0 Å². The molecular weight excluding hydrogens is 238 g/mol. The highest BCUT2D eigenvalue weighted by molar-refractivity contribution is 4.71. The quantitative estimate of drug-likeness (QED) is 0.606. The van der Waals surface area contributed by atoms with E-state index in [4.69, 9.17) is 4.74 Å². The third-order valence-electron chi connectivity index (χ3n) is 4.03. The lowest BCUT2D eigenvalue weighted by molar-refractivity contribution is 0.109. The molecule has 1 aliphatic rings. The van der Waals surface area contributed by atoms with Crippen molar-refractivity contribution in [2.75, 3.05) is 66.1 Å². The number of hydrogen-bond acceptors (Lipinski definition) is 4. The van der Waals surface area contributed by atoms with Gasteiger partial charge in [0.1, 0.15) is 0 Å². The normalized spacial score (nSPS) is 17.5. The van der Waals surface area contributed by atoms with Crippen LogP contribution in [0.5, 0.6) is 0 Å². The number of hydrogen-bond donors (Lipinski definition) is 1. The molecule has 0 unspecified atom stereocenters. The van der Waals surface area contributed by atoms with Gasteiger partial charge in [0.25, 0.3) is 0 Å². The second kappa shape index (κ2) is 10.6. The largest absolute Gasteiger partial charge is 0.380 e. The lowest BCUT2D eigenvalue weighted by Gasteiger charge is -2.29. The van der Waals surface area contributed by atoms with Crippen molar-refractivity contribution in [1.82, 2.24) is 15.1 Å². The van der Waals surface area contributed by atoms with E-state index in [0.717, 1.165) is 38.8 Å². The van der Waals surface area contributed by atoms with Crippen molar-refractivity contribution in [3.63, 3.8) is 0 Å². The fraction of sp³-hybridized carbons (Fsp3) is 1.00. The summed E-state index contributed by atoms with van der Waals surface area (Å²) in [7, 11) is 2.26. The van der Waals surface area contributed by atoms with E-state index in [2.05, 4.69) is 36.0 Å². The fourth-order valence-corrected chi connectivity index (χ4v) is 2.67. The van der Waals surface area contributed by atoms with E-state index in [9.17, 15) is 0 Å². The zero-order valence-corrected chi connectivity index (χ0v) is 13.2. The Hall–Kier alpha value is -0.160. The lowest BCUT2D eigenvalue weighted by Crippen LogP contribution is -2.39. The zero-order valence-electron chi connectivity index (χ0n) is 13.2. The molecule has 0 bridgehead atoms. The van der Waals surface area contributed by atoms with Gasteiger partial charge >= 0.3 is 0 Å². The maximum atomic E-state index is 5.43. The molecule has 4 heteroatoms. The Balaban J connectivity index is 2.10. The van der Waals surface area contributed by atoms with Gasteiger partial charge in [-0.2, -0.15) is 0 Å². The number of nitrogens with zero attached hydrogens (tertiary/aromatic N) is 2. The van der Waals surface area contributed by atoms with Gasteiger partial charge < -0.3 is 19.9 Å². The summed E-state index contributed by atoms with van der Waals surface area (Å²) in [6.45, 7) is 14.2. The van der Waals surface area contributed by atoms with Gasteiger partial charge in [0.15, 0.2) is 0 Å². The van der Waals surface area contributed by atoms with E-state index in [-0.39, 0.29) is 0 Å². The van der Waals surface area contributed by atoms with E-state index in [0.29, 0.717) is 0 Å². The van der Waals surface area contributed by atoms with Crippen LogP contribution >= 0.6 is 0 Å². The third-order valence-corrected chi connectivity index (χ3v) is 4.03. The van der Waals surface area contributed by atoms with Crippen LogP contribution in [0.1, 0.15) is 26.7 Å². The number of nitrogens with one attached hydrogen (secondary N) is 1. The standard InChI is InChI=1S/C15H33N3O/c1-4-18(12-13-19-5-2)11-10-17(3)14-15-6-8-16-9-7-15/h15-16H,4-14H2,1-3H3. The van der Waals surface area contributed by atoms with Crippen LogP contribution in [-0.2, 0) is 4.74 Å². The molecule has 19 heavy (non-hydrogen) atoms. The minimum atomic E-state index is 0.827. The molecule has 114 valence electrons. The molecule has 0 aromatic heterocycles. The molecule has 0 radical (unpaired) electrons. The summed E-state index contributed by atoms with van der Waals surface area (Å²) in [6.07, 6.45) is 2.68. The Bertz CT molecular complexity index is 208. The molecule has 1 rings (SSSR count). The van der Waals surface area contributed by atoms with Gasteiger partial charge in [-0.05, 0) is 52.4 Å². The second-order valence-corrected chi connectivity index (χ2v) is 5.59. The summed E-state index contributed by atoms with van der Waals surface area (Å²) in [6, 6.07) is 0. The Kier molecular flexibility index (Phi) is 9.43. The molecular formula is C15H33N3O. The lowest BCUT2D eigenvalue weighted by atomic mass is 9.98. The van der Waals surface area contributed by atoms with Gasteiger partial charge in [0.2, 0.25) is 0 Å². The van der Waals surface area contributed by atoms with E-state index >= 15 is 0 Å². The maximum Gasteiger partial charge on any atom is 0.0593 e. The Morgan fingerprint density at radius 1 is 1.11 bits per heavy atom. The van der Waals surface area contributed by atoms with Gasteiger partial charge in [-0.25, -0.2) is 0 Å². The van der Waals surface area contributed by atoms with Gasteiger partial charge in [0.05, 0.1) is 6.61 Å². The SMILES string of the molecule is CCOCCN(CC)CCN(C)CC1CCNCC1. The summed E-state index contributed by atoms with van der Waals surface area (Å²) >= 11 is 0. The van der Waals surface area contributed by atoms with Crippen molar-refractivity contribution >= 4 is 0 Å². The number of piperidine rings is 1. The van der Waals surface area contributed by atoms with Crippen molar-refractivity contribution in [2.24, 2.45) is 5.92 Å². The van der Waals surface area contributed by atoms with Gasteiger partial charge in [0, 0.05) is 32.8 Å². The average Bonchev–Trinajstić information content (AvgIpc) is 2.44. The van der Waals surface area contributed by atoms with E-state index in [1.807, 2.05) is 0 Å². The third kappa shape index (κ3) is 7.88. The Morgan fingerprint density at radius 2 is 1.84 bits per heavy atom. The summed E-state index contributed by atoms with van der Waals surface area (Å²) in [4.78, 5) is 4.98. The summed E-state index contributed by atoms with van der Waals surface area (Å²) in [5.74, 6) is 0.893. The molecule has 1 aliphatic heterocycles. The molecule has 1 N–H and O–H groups in total. The van der Waals surface area contributed by atoms with Crippen LogP contribution in [0.15, 0.2) is 0 Å². The highest BCUT2D eigenvalue weighted by atomic mass is 16.5. The van der Waals surface area contributed by atoms with Gasteiger partial charge in [-0.15, -0.1) is 0 Å². The predicted octanol–water partition coefficient (Wildman–Crippen LogP) is 1.28. The van der Waals surface area contributed by atoms with Crippen LogP contribution in [0.2, 0.25) is 0 Å². The molecule has 1 saturated heterocycles. The highest BCUT2D eigenvalue weighted by Gasteiger charge is 2.15. The summed E-state index contributed by atoms with van der Waals surface area (Å²) < 4.78 is 5.43. The van der Waals surface area contributed by atoms with Crippen molar-refractivity contribution in [3.8, 4) is 0 Å². The van der Waals surface area contributed by atoms with Gasteiger partial charge in [-0.3, -0.25) is 0 Å². The molecule has 0 aromatic carbocycles. The number of ether oxygens (including phenoxy) is 1. The van der Waals surface area contributed by atoms with Gasteiger partial charge in [-0.1, -0.05) is 6.92 Å². The molecule has 0 atom stereocenters. The molecule has 0 saturated carbocycles. The van der Waals surface area contributed by atoms with Crippen LogP contribution in [0.25, 0.3) is 0 Å². The Morgan fingerprint density at radius 3 is 2.47 bits per heavy atom. The first kappa shape index (κ1) is 16.9. The van der Waals surface area contributed by atoms with Crippen LogP contribution in [0.3, 0.4) is 0 Å². The summed E-state index contributed by atoms with van der Waals surface area (Å²) in [5.41, 5.74) is 0. The van der Waals surface area contributed by atoms with Crippen LogP contribution in [0, 0.1) is 5.92 Å². The van der Waals surface area contributed by atoms with Crippen molar-refractivity contribution in [3.05, 3.63) is 0 Å². The molecule has 1 fully saturated rings. The Labute approximate surface area is 119 Å². The topological polar surface area (TPSA) is 27.7 Å². The highest BCUT2D eigenvalue weighted by Crippen LogP contribution is 2.12. The molecule has 0 spiro atoms. The van der Waals surface area contributed by atoms with Crippen molar-refractivity contribution < 1.29 is 4.74 Å². The molecule has 0 aliphatic carbocycles. The monoisotopic (exact) mass is 271 g/mol. The van der Waals surface area contributed by atoms with E-state index in [1.165, 1.54) is 39.0 Å². The zero-order chi connectivity index (χ0) is 13.9. The molecule has 4 nitrogen and oxygen atoms in total. The second-order valence-electron chi connectivity index (χ2n) is 5.59. The van der Waals surface area contributed by atoms with Crippen LogP contribution in [-0.4, -0.2) is 75.9 Å². The molecule has 0 aromatic rings. The molecule has 1 heterocycles. The van der Waals surface area contributed by atoms with E-state index < -0.39 is 0 Å². The smallest absolute Gasteiger partial charge is 0.0593 e. The first-order chi connectivity index (χ1) is 9.26. The minimum Gasteiger partial charge on any atom is -0.380 e. The number of rotatable bonds is 10. The van der Waals surface area contributed by atoms with Crippen LogP contribution in [0.4, 0.5) is 0 Å². The minimum absolute atomic E-state index is 0.827. The summed E-state index contributed by atoms with van der Waals surface area (Å²) in [5, 5.41) is 3.44. The number of likely N-dealkylation sites (N-methyl/N-ethyl adjacent to an activating group) is 2. The fourth-order valence-electron chi connectivity index (χ4n) is 2.67. The maximum absolute atomic E-state index is 5.43.